The SMILES string of the molecule is CC(C)(COC(=O)CCP(c1ccccc1)c1ccccc1)COC(=O)CCP(c1ccccc1)c1ccccc1. The van der Waals surface area contributed by atoms with Gasteiger partial charge in [0.2, 0.25) is 0 Å². The van der Waals surface area contributed by atoms with Gasteiger partial charge in [-0.2, -0.15) is 0 Å². The highest BCUT2D eigenvalue weighted by Crippen LogP contribution is 2.35. The summed E-state index contributed by atoms with van der Waals surface area (Å²) in [6.45, 7) is 4.31. The van der Waals surface area contributed by atoms with Gasteiger partial charge in [-0.15, -0.1) is 0 Å². The fourth-order valence-electron chi connectivity index (χ4n) is 4.39. The number of ether oxygens (including phenoxy) is 2. The van der Waals surface area contributed by atoms with Crippen molar-refractivity contribution in [3.05, 3.63) is 121 Å². The lowest BCUT2D eigenvalue weighted by Crippen LogP contribution is -2.29. The van der Waals surface area contributed by atoms with Gasteiger partial charge < -0.3 is 9.47 Å². The Morgan fingerprint density at radius 2 is 0.780 bits per heavy atom. The summed E-state index contributed by atoms with van der Waals surface area (Å²) in [5.41, 5.74) is -0.474. The number of carbonyl (C=O) groups excluding carboxylic acids is 2. The zero-order chi connectivity index (χ0) is 28.9. The molecule has 0 unspecified atom stereocenters. The van der Waals surface area contributed by atoms with Crippen LogP contribution in [0.5, 0.6) is 0 Å². The Balaban J connectivity index is 1.24. The molecule has 0 saturated heterocycles. The van der Waals surface area contributed by atoms with Crippen LogP contribution >= 0.6 is 15.8 Å². The second-order valence-corrected chi connectivity index (χ2v) is 15.3. The molecule has 4 aromatic rings. The first-order valence-corrected chi connectivity index (χ1v) is 17.0. The van der Waals surface area contributed by atoms with Crippen molar-refractivity contribution in [1.82, 2.24) is 0 Å². The smallest absolute Gasteiger partial charge is 0.306 e. The van der Waals surface area contributed by atoms with Crippen molar-refractivity contribution in [2.24, 2.45) is 5.41 Å². The van der Waals surface area contributed by atoms with Crippen molar-refractivity contribution < 1.29 is 19.1 Å². The molecule has 0 aromatic heterocycles. The highest BCUT2D eigenvalue weighted by molar-refractivity contribution is 7.73. The summed E-state index contributed by atoms with van der Waals surface area (Å²) in [5.74, 6) is -0.444. The first kappa shape index (κ1) is 30.6. The maximum Gasteiger partial charge on any atom is 0.306 e. The van der Waals surface area contributed by atoms with Crippen LogP contribution in [0.3, 0.4) is 0 Å². The molecule has 6 heteroatoms. The fourth-order valence-corrected chi connectivity index (χ4v) is 8.96. The maximum atomic E-state index is 12.7. The number of carbonyl (C=O) groups is 2. The van der Waals surface area contributed by atoms with Gasteiger partial charge in [0.15, 0.2) is 0 Å². The second-order valence-electron chi connectivity index (χ2n) is 10.6. The minimum Gasteiger partial charge on any atom is -0.465 e. The van der Waals surface area contributed by atoms with E-state index < -0.39 is 21.3 Å². The lowest BCUT2D eigenvalue weighted by molar-refractivity contribution is -0.152. The number of esters is 2. The van der Waals surface area contributed by atoms with Crippen LogP contribution in [0.2, 0.25) is 0 Å². The van der Waals surface area contributed by atoms with Crippen molar-refractivity contribution in [1.29, 1.82) is 0 Å². The van der Waals surface area contributed by atoms with Crippen LogP contribution in [-0.2, 0) is 19.1 Å². The Labute approximate surface area is 246 Å². The van der Waals surface area contributed by atoms with Crippen molar-refractivity contribution in [2.75, 3.05) is 25.5 Å². The van der Waals surface area contributed by atoms with E-state index in [2.05, 4.69) is 48.5 Å². The third-order valence-electron chi connectivity index (χ3n) is 6.60. The summed E-state index contributed by atoms with van der Waals surface area (Å²) in [6, 6.07) is 41.4. The van der Waals surface area contributed by atoms with E-state index in [4.69, 9.17) is 9.47 Å². The molecule has 0 radical (unpaired) electrons. The number of hydrogen-bond acceptors (Lipinski definition) is 4. The quantitative estimate of drug-likeness (QED) is 0.132. The zero-order valence-electron chi connectivity index (χ0n) is 23.8. The zero-order valence-corrected chi connectivity index (χ0v) is 25.6. The molecule has 0 bridgehead atoms. The molecule has 0 amide bonds. The average Bonchev–Trinajstić information content (AvgIpc) is 3.01. The Morgan fingerprint density at radius 1 is 0.512 bits per heavy atom. The topological polar surface area (TPSA) is 52.6 Å². The monoisotopic (exact) mass is 584 g/mol. The van der Waals surface area contributed by atoms with Crippen LogP contribution in [0.4, 0.5) is 0 Å². The largest absolute Gasteiger partial charge is 0.465 e. The van der Waals surface area contributed by atoms with Gasteiger partial charge in [0.05, 0.1) is 26.1 Å². The average molecular weight is 585 g/mol. The van der Waals surface area contributed by atoms with Crippen LogP contribution in [0.15, 0.2) is 121 Å². The molecule has 0 aliphatic heterocycles. The molecule has 41 heavy (non-hydrogen) atoms. The molecular weight excluding hydrogens is 546 g/mol. The lowest BCUT2D eigenvalue weighted by atomic mass is 9.96. The van der Waals surface area contributed by atoms with Crippen molar-refractivity contribution in [2.45, 2.75) is 26.7 Å². The first-order chi connectivity index (χ1) is 19.9. The molecule has 0 heterocycles. The standard InChI is InChI=1S/C35H38O4P2/c1-35(2,27-38-33(36)23-25-40(29-15-7-3-8-16-29)30-17-9-4-10-18-30)28-39-34(37)24-26-41(31-19-11-5-12-20-31)32-21-13-6-14-22-32/h3-22H,23-28H2,1-2H3. The second kappa shape index (κ2) is 15.6. The minimum atomic E-state index is -0.650. The third kappa shape index (κ3) is 9.92. The maximum absolute atomic E-state index is 12.7. The molecule has 4 rings (SSSR count). The molecular formula is C35H38O4P2. The van der Waals surface area contributed by atoms with Crippen LogP contribution in [0.1, 0.15) is 26.7 Å². The van der Waals surface area contributed by atoms with E-state index in [1.165, 1.54) is 21.2 Å². The van der Waals surface area contributed by atoms with E-state index in [1.807, 2.05) is 86.6 Å². The summed E-state index contributed by atoms with van der Waals surface area (Å²) < 4.78 is 11.3. The predicted octanol–water partition coefficient (Wildman–Crippen LogP) is 6.15. The van der Waals surface area contributed by atoms with Crippen molar-refractivity contribution in [3.63, 3.8) is 0 Å². The fraction of sp³-hybridized carbons (Fsp3) is 0.257. The molecule has 0 aliphatic rings. The van der Waals surface area contributed by atoms with E-state index in [1.54, 1.807) is 0 Å². The Hall–Kier alpha value is -3.32. The number of hydrogen-bond donors (Lipinski definition) is 0. The van der Waals surface area contributed by atoms with E-state index in [0.29, 0.717) is 12.8 Å². The van der Waals surface area contributed by atoms with E-state index in [-0.39, 0.29) is 25.2 Å². The molecule has 0 saturated carbocycles. The van der Waals surface area contributed by atoms with Crippen molar-refractivity contribution in [3.8, 4) is 0 Å². The van der Waals surface area contributed by atoms with Crippen LogP contribution in [0, 0.1) is 5.41 Å². The lowest BCUT2D eigenvalue weighted by Gasteiger charge is -2.24. The summed E-state index contributed by atoms with van der Waals surface area (Å²) in [4.78, 5) is 25.4. The molecule has 0 fully saturated rings. The van der Waals surface area contributed by atoms with Crippen LogP contribution in [0.25, 0.3) is 0 Å². The van der Waals surface area contributed by atoms with Gasteiger partial charge in [-0.3, -0.25) is 9.59 Å². The van der Waals surface area contributed by atoms with E-state index in [9.17, 15) is 9.59 Å². The highest BCUT2D eigenvalue weighted by atomic mass is 31.1. The minimum absolute atomic E-state index is 0.203. The van der Waals surface area contributed by atoms with Crippen molar-refractivity contribution >= 4 is 49.0 Å². The normalized spacial score (nSPS) is 11.4. The summed E-state index contributed by atoms with van der Waals surface area (Å²) in [6.07, 6.45) is 2.13. The molecule has 4 aromatic carbocycles. The van der Waals surface area contributed by atoms with Gasteiger partial charge in [-0.25, -0.2) is 0 Å². The van der Waals surface area contributed by atoms with Gasteiger partial charge in [-0.1, -0.05) is 135 Å². The number of rotatable bonds is 14. The summed E-state index contributed by atoms with van der Waals surface area (Å²) in [7, 11) is -1.30. The molecule has 0 atom stereocenters. The summed E-state index contributed by atoms with van der Waals surface area (Å²) >= 11 is 0. The third-order valence-corrected chi connectivity index (χ3v) is 11.6. The van der Waals surface area contributed by atoms with Gasteiger partial charge >= 0.3 is 11.9 Å². The van der Waals surface area contributed by atoms with E-state index >= 15 is 0 Å². The summed E-state index contributed by atoms with van der Waals surface area (Å²) in [5, 5.41) is 4.99. The van der Waals surface area contributed by atoms with Crippen LogP contribution in [-0.4, -0.2) is 37.5 Å². The van der Waals surface area contributed by atoms with Gasteiger partial charge in [0.25, 0.3) is 0 Å². The van der Waals surface area contributed by atoms with Gasteiger partial charge in [0.1, 0.15) is 0 Å². The molecule has 0 spiro atoms. The van der Waals surface area contributed by atoms with E-state index in [0.717, 1.165) is 12.3 Å². The number of benzene rings is 4. The Kier molecular flexibility index (Phi) is 11.7. The Bertz CT molecular complexity index is 1160. The predicted molar refractivity (Wildman–Crippen MR) is 173 cm³/mol. The Morgan fingerprint density at radius 3 is 1.05 bits per heavy atom. The first-order valence-electron chi connectivity index (χ1n) is 14.0. The molecule has 212 valence electrons. The van der Waals surface area contributed by atoms with Gasteiger partial charge in [0, 0.05) is 5.41 Å². The van der Waals surface area contributed by atoms with Gasteiger partial charge in [-0.05, 0) is 49.4 Å². The highest BCUT2D eigenvalue weighted by Gasteiger charge is 2.24. The molecule has 0 N–H and O–H groups in total. The van der Waals surface area contributed by atoms with Crippen LogP contribution < -0.4 is 21.2 Å². The molecule has 4 nitrogen and oxygen atoms in total. The molecule has 0 aliphatic carbocycles.